The van der Waals surface area contributed by atoms with E-state index in [1.54, 1.807) is 0 Å². The zero-order valence-electron chi connectivity index (χ0n) is 18.2. The van der Waals surface area contributed by atoms with Gasteiger partial charge in [0.1, 0.15) is 5.75 Å². The third-order valence-corrected chi connectivity index (χ3v) is 5.60. The number of hydrogen-bond acceptors (Lipinski definition) is 1. The lowest BCUT2D eigenvalue weighted by Crippen LogP contribution is -2.08. The van der Waals surface area contributed by atoms with Crippen molar-refractivity contribution in [2.24, 2.45) is 5.41 Å². The Bertz CT molecular complexity index is 595. The summed E-state index contributed by atoms with van der Waals surface area (Å²) >= 11 is 3.48. The van der Waals surface area contributed by atoms with Crippen LogP contribution in [0.25, 0.3) is 6.08 Å². The summed E-state index contributed by atoms with van der Waals surface area (Å²) in [6, 6.07) is 8.41. The summed E-state index contributed by atoms with van der Waals surface area (Å²) in [6.45, 7) is 11.4. The van der Waals surface area contributed by atoms with Gasteiger partial charge in [-0.15, -0.1) is 6.58 Å². The Morgan fingerprint density at radius 3 is 2.29 bits per heavy atom. The zero-order valence-corrected chi connectivity index (χ0v) is 19.8. The molecule has 1 nitrogen and oxygen atoms in total. The first-order valence-electron chi connectivity index (χ1n) is 10.7. The van der Waals surface area contributed by atoms with Crippen molar-refractivity contribution in [2.75, 3.05) is 11.9 Å². The predicted octanol–water partition coefficient (Wildman–Crippen LogP) is 8.75. The quantitative estimate of drug-likeness (QED) is 0.148. The number of ether oxygens (including phenoxy) is 1. The van der Waals surface area contributed by atoms with Crippen molar-refractivity contribution >= 4 is 22.0 Å². The third kappa shape index (κ3) is 11.5. The van der Waals surface area contributed by atoms with Gasteiger partial charge in [0.15, 0.2) is 0 Å². The minimum Gasteiger partial charge on any atom is -0.494 e. The summed E-state index contributed by atoms with van der Waals surface area (Å²) < 4.78 is 5.88. The molecule has 1 aromatic carbocycles. The first kappa shape index (κ1) is 24.8. The Hall–Kier alpha value is -1.28. The van der Waals surface area contributed by atoms with E-state index in [9.17, 15) is 0 Å². The molecule has 0 fully saturated rings. The molecular formula is C26H39BrO. The zero-order chi connectivity index (χ0) is 20.7. The fourth-order valence-electron chi connectivity index (χ4n) is 2.98. The molecule has 0 aliphatic carbocycles. The van der Waals surface area contributed by atoms with Crippen LogP contribution in [0, 0.1) is 5.41 Å². The Morgan fingerprint density at radius 2 is 1.68 bits per heavy atom. The third-order valence-electron chi connectivity index (χ3n) is 5.04. The normalized spacial score (nSPS) is 13.3. The van der Waals surface area contributed by atoms with Crippen molar-refractivity contribution in [2.45, 2.75) is 72.1 Å². The summed E-state index contributed by atoms with van der Waals surface area (Å²) in [5, 5.41) is 1.13. The molecule has 0 aliphatic heterocycles. The second kappa shape index (κ2) is 14.7. The van der Waals surface area contributed by atoms with E-state index >= 15 is 0 Å². The van der Waals surface area contributed by atoms with Gasteiger partial charge in [-0.1, -0.05) is 90.5 Å². The van der Waals surface area contributed by atoms with Gasteiger partial charge in [-0.2, -0.15) is 0 Å². The molecule has 1 unspecified atom stereocenters. The van der Waals surface area contributed by atoms with Crippen molar-refractivity contribution in [3.05, 3.63) is 60.2 Å². The second-order valence-corrected chi connectivity index (χ2v) is 8.88. The monoisotopic (exact) mass is 446 g/mol. The van der Waals surface area contributed by atoms with E-state index in [0.717, 1.165) is 36.9 Å². The molecule has 1 aromatic rings. The summed E-state index contributed by atoms with van der Waals surface area (Å²) in [7, 11) is 0. The van der Waals surface area contributed by atoms with Crippen molar-refractivity contribution < 1.29 is 4.74 Å². The number of allylic oxidation sites excluding steroid dienone is 4. The highest BCUT2D eigenvalue weighted by atomic mass is 79.9. The lowest BCUT2D eigenvalue weighted by atomic mass is 9.84. The van der Waals surface area contributed by atoms with E-state index in [-0.39, 0.29) is 5.41 Å². The van der Waals surface area contributed by atoms with Crippen LogP contribution in [0.15, 0.2) is 54.6 Å². The average Bonchev–Trinajstić information content (AvgIpc) is 2.69. The minimum absolute atomic E-state index is 0.0234. The molecule has 0 radical (unpaired) electrons. The maximum atomic E-state index is 5.88. The lowest BCUT2D eigenvalue weighted by Gasteiger charge is -2.20. The SMILES string of the molecule is C=CC(C)(/C=C/c1ccc(OCCCCCCCCBr)cc1)CCC=C(C)C. The van der Waals surface area contributed by atoms with Gasteiger partial charge in [0.05, 0.1) is 6.61 Å². The molecule has 0 spiro atoms. The van der Waals surface area contributed by atoms with Crippen LogP contribution < -0.4 is 4.74 Å². The number of halogens is 1. The van der Waals surface area contributed by atoms with Crippen LogP contribution in [-0.4, -0.2) is 11.9 Å². The first-order chi connectivity index (χ1) is 13.5. The van der Waals surface area contributed by atoms with E-state index in [4.69, 9.17) is 4.74 Å². The molecule has 1 atom stereocenters. The molecule has 0 aliphatic rings. The summed E-state index contributed by atoms with van der Waals surface area (Å²) in [6.07, 6.45) is 18.7. The van der Waals surface area contributed by atoms with E-state index in [1.807, 2.05) is 0 Å². The highest BCUT2D eigenvalue weighted by Crippen LogP contribution is 2.28. The topological polar surface area (TPSA) is 9.23 Å². The van der Waals surface area contributed by atoms with Crippen LogP contribution in [0.2, 0.25) is 0 Å². The fraction of sp³-hybridized carbons (Fsp3) is 0.538. The fourth-order valence-corrected chi connectivity index (χ4v) is 3.38. The van der Waals surface area contributed by atoms with E-state index in [2.05, 4.69) is 91.8 Å². The molecule has 0 amide bonds. The number of benzene rings is 1. The molecule has 156 valence electrons. The molecule has 1 rings (SSSR count). The van der Waals surface area contributed by atoms with Gasteiger partial charge in [0.2, 0.25) is 0 Å². The molecule has 0 N–H and O–H groups in total. The molecule has 0 heterocycles. The van der Waals surface area contributed by atoms with Crippen LogP contribution in [0.3, 0.4) is 0 Å². The number of rotatable bonds is 15. The predicted molar refractivity (Wildman–Crippen MR) is 129 cm³/mol. The molecule has 0 saturated heterocycles. The molecular weight excluding hydrogens is 408 g/mol. The molecule has 0 saturated carbocycles. The maximum Gasteiger partial charge on any atom is 0.119 e. The molecule has 0 aromatic heterocycles. The van der Waals surface area contributed by atoms with Gasteiger partial charge in [0.25, 0.3) is 0 Å². The largest absolute Gasteiger partial charge is 0.494 e. The van der Waals surface area contributed by atoms with Crippen LogP contribution in [-0.2, 0) is 0 Å². The van der Waals surface area contributed by atoms with Crippen molar-refractivity contribution in [3.8, 4) is 5.75 Å². The molecule has 0 bridgehead atoms. The first-order valence-corrected chi connectivity index (χ1v) is 11.9. The van der Waals surface area contributed by atoms with Gasteiger partial charge in [-0.05, 0) is 57.2 Å². The number of unbranched alkanes of at least 4 members (excludes halogenated alkanes) is 5. The van der Waals surface area contributed by atoms with Gasteiger partial charge >= 0.3 is 0 Å². The van der Waals surface area contributed by atoms with Crippen molar-refractivity contribution in [1.29, 1.82) is 0 Å². The van der Waals surface area contributed by atoms with E-state index < -0.39 is 0 Å². The Morgan fingerprint density at radius 1 is 1.04 bits per heavy atom. The van der Waals surface area contributed by atoms with E-state index in [0.29, 0.717) is 0 Å². The average molecular weight is 448 g/mol. The maximum absolute atomic E-state index is 5.88. The molecule has 2 heteroatoms. The van der Waals surface area contributed by atoms with Gasteiger partial charge < -0.3 is 4.74 Å². The Kier molecular flexibility index (Phi) is 13.0. The van der Waals surface area contributed by atoms with Gasteiger partial charge in [-0.25, -0.2) is 0 Å². The van der Waals surface area contributed by atoms with Gasteiger partial charge in [0, 0.05) is 10.7 Å². The van der Waals surface area contributed by atoms with Crippen molar-refractivity contribution in [1.82, 2.24) is 0 Å². The summed E-state index contributed by atoms with van der Waals surface area (Å²) in [4.78, 5) is 0. The second-order valence-electron chi connectivity index (χ2n) is 8.09. The van der Waals surface area contributed by atoms with Crippen molar-refractivity contribution in [3.63, 3.8) is 0 Å². The lowest BCUT2D eigenvalue weighted by molar-refractivity contribution is 0.304. The Labute approximate surface area is 182 Å². The van der Waals surface area contributed by atoms with Crippen LogP contribution >= 0.6 is 15.9 Å². The number of alkyl halides is 1. The van der Waals surface area contributed by atoms with Crippen LogP contribution in [0.4, 0.5) is 0 Å². The highest BCUT2D eigenvalue weighted by Gasteiger charge is 2.14. The summed E-state index contributed by atoms with van der Waals surface area (Å²) in [5.41, 5.74) is 2.60. The summed E-state index contributed by atoms with van der Waals surface area (Å²) in [5.74, 6) is 0.964. The van der Waals surface area contributed by atoms with Crippen LogP contribution in [0.5, 0.6) is 5.75 Å². The van der Waals surface area contributed by atoms with Gasteiger partial charge in [-0.3, -0.25) is 0 Å². The Balaban J connectivity index is 2.37. The minimum atomic E-state index is 0.0234. The number of hydrogen-bond donors (Lipinski definition) is 0. The molecule has 28 heavy (non-hydrogen) atoms. The van der Waals surface area contributed by atoms with E-state index in [1.165, 1.54) is 43.2 Å². The standard InChI is InChI=1S/C26H39BrO/c1-5-26(4,19-12-13-23(2)3)20-18-24-14-16-25(17-15-24)28-22-11-9-7-6-8-10-21-27/h5,13-18,20H,1,6-12,19,21-22H2,2-4H3/b20-18+. The highest BCUT2D eigenvalue weighted by molar-refractivity contribution is 9.09. The smallest absolute Gasteiger partial charge is 0.119 e. The van der Waals surface area contributed by atoms with Crippen LogP contribution in [0.1, 0.15) is 77.7 Å².